The van der Waals surface area contributed by atoms with E-state index in [1.54, 1.807) is 0 Å². The van der Waals surface area contributed by atoms with Gasteiger partial charge in [0.1, 0.15) is 0 Å². The Balaban J connectivity index is 2.95. The van der Waals surface area contributed by atoms with E-state index in [2.05, 4.69) is 52.8 Å². The van der Waals surface area contributed by atoms with Gasteiger partial charge in [0, 0.05) is 9.75 Å². The van der Waals surface area contributed by atoms with Crippen molar-refractivity contribution in [1.82, 2.24) is 0 Å². The lowest BCUT2D eigenvalue weighted by Crippen LogP contribution is -2.07. The van der Waals surface area contributed by atoms with E-state index in [9.17, 15) is 5.11 Å². The maximum Gasteiger partial charge on any atom is 0.0647 e. The summed E-state index contributed by atoms with van der Waals surface area (Å²) in [5, 5.41) is 9.26. The quantitative estimate of drug-likeness (QED) is 0.841. The fourth-order valence-corrected chi connectivity index (χ4v) is 2.45. The standard InChI is InChI=1S/C14H22OS/c1-10(2)11(9-15)8-12-6-7-13(16-12)14(3,4)5/h6-8,10,15H,9H2,1-5H3/b11-8+. The van der Waals surface area contributed by atoms with Crippen LogP contribution in [0.3, 0.4) is 0 Å². The number of hydrogen-bond donors (Lipinski definition) is 1. The lowest BCUT2D eigenvalue weighted by Gasteiger charge is -2.15. The molecule has 1 aromatic heterocycles. The third-order valence-electron chi connectivity index (χ3n) is 2.62. The molecule has 0 aliphatic carbocycles. The van der Waals surface area contributed by atoms with Crippen LogP contribution in [-0.2, 0) is 5.41 Å². The molecule has 1 heterocycles. The van der Waals surface area contributed by atoms with Gasteiger partial charge in [0.15, 0.2) is 0 Å². The van der Waals surface area contributed by atoms with Crippen LogP contribution < -0.4 is 0 Å². The second-order valence-corrected chi connectivity index (χ2v) is 6.60. The summed E-state index contributed by atoms with van der Waals surface area (Å²) in [5.41, 5.74) is 1.32. The summed E-state index contributed by atoms with van der Waals surface area (Å²) in [5.74, 6) is 0.408. The van der Waals surface area contributed by atoms with Gasteiger partial charge in [-0.1, -0.05) is 34.6 Å². The van der Waals surface area contributed by atoms with Gasteiger partial charge in [-0.3, -0.25) is 0 Å². The third-order valence-corrected chi connectivity index (χ3v) is 4.08. The van der Waals surface area contributed by atoms with E-state index in [1.165, 1.54) is 9.75 Å². The van der Waals surface area contributed by atoms with Crippen molar-refractivity contribution in [2.24, 2.45) is 5.92 Å². The van der Waals surface area contributed by atoms with Crippen molar-refractivity contribution in [1.29, 1.82) is 0 Å². The number of aliphatic hydroxyl groups excluding tert-OH is 1. The fraction of sp³-hybridized carbons (Fsp3) is 0.571. The zero-order valence-corrected chi connectivity index (χ0v) is 11.7. The molecule has 1 aromatic rings. The van der Waals surface area contributed by atoms with Crippen molar-refractivity contribution in [3.05, 3.63) is 27.5 Å². The van der Waals surface area contributed by atoms with E-state index >= 15 is 0 Å². The zero-order chi connectivity index (χ0) is 12.3. The molecule has 0 bridgehead atoms. The van der Waals surface area contributed by atoms with Crippen LogP contribution in [-0.4, -0.2) is 11.7 Å². The van der Waals surface area contributed by atoms with Gasteiger partial charge >= 0.3 is 0 Å². The van der Waals surface area contributed by atoms with Crippen molar-refractivity contribution in [2.45, 2.75) is 40.0 Å². The molecule has 0 atom stereocenters. The van der Waals surface area contributed by atoms with E-state index in [-0.39, 0.29) is 12.0 Å². The Hall–Kier alpha value is -0.600. The maximum atomic E-state index is 9.26. The molecule has 16 heavy (non-hydrogen) atoms. The lowest BCUT2D eigenvalue weighted by molar-refractivity contribution is 0.320. The van der Waals surface area contributed by atoms with E-state index in [0.29, 0.717) is 5.92 Å². The first-order valence-corrected chi connectivity index (χ1v) is 6.58. The number of thiophene rings is 1. The molecular formula is C14H22OS. The van der Waals surface area contributed by atoms with Gasteiger partial charge in [0.05, 0.1) is 6.61 Å². The van der Waals surface area contributed by atoms with Crippen molar-refractivity contribution >= 4 is 17.4 Å². The lowest BCUT2D eigenvalue weighted by atomic mass is 9.95. The molecule has 0 amide bonds. The fourth-order valence-electron chi connectivity index (χ4n) is 1.41. The van der Waals surface area contributed by atoms with Gasteiger partial charge in [0.2, 0.25) is 0 Å². The van der Waals surface area contributed by atoms with Crippen molar-refractivity contribution in [3.63, 3.8) is 0 Å². The second-order valence-electron chi connectivity index (χ2n) is 5.48. The predicted molar refractivity (Wildman–Crippen MR) is 72.9 cm³/mol. The summed E-state index contributed by atoms with van der Waals surface area (Å²) < 4.78 is 0. The first kappa shape index (κ1) is 13.5. The summed E-state index contributed by atoms with van der Waals surface area (Å²) in [6.45, 7) is 11.0. The molecule has 0 unspecified atom stereocenters. The molecule has 0 spiro atoms. The van der Waals surface area contributed by atoms with E-state index < -0.39 is 0 Å². The smallest absolute Gasteiger partial charge is 0.0647 e. The topological polar surface area (TPSA) is 20.2 Å². The summed E-state index contributed by atoms with van der Waals surface area (Å²) in [7, 11) is 0. The molecule has 0 aromatic carbocycles. The summed E-state index contributed by atoms with van der Waals surface area (Å²) in [6.07, 6.45) is 2.12. The van der Waals surface area contributed by atoms with Crippen molar-refractivity contribution in [3.8, 4) is 0 Å². The number of rotatable bonds is 3. The highest BCUT2D eigenvalue weighted by Gasteiger charge is 2.15. The number of hydrogen-bond acceptors (Lipinski definition) is 2. The van der Waals surface area contributed by atoms with Crippen LogP contribution in [0.15, 0.2) is 17.7 Å². The minimum atomic E-state index is 0.153. The predicted octanol–water partition coefficient (Wildman–Crippen LogP) is 4.08. The normalized spacial score (nSPS) is 13.6. The van der Waals surface area contributed by atoms with Crippen molar-refractivity contribution in [2.75, 3.05) is 6.61 Å². The minimum Gasteiger partial charge on any atom is -0.392 e. The van der Waals surface area contributed by atoms with E-state index in [0.717, 1.165) is 5.57 Å². The second kappa shape index (κ2) is 5.15. The zero-order valence-electron chi connectivity index (χ0n) is 10.9. The van der Waals surface area contributed by atoms with Gasteiger partial charge < -0.3 is 5.11 Å². The van der Waals surface area contributed by atoms with Crippen LogP contribution in [0.5, 0.6) is 0 Å². The SMILES string of the molecule is CC(C)/C(=C/c1ccc(C(C)(C)C)s1)CO. The Morgan fingerprint density at radius 1 is 1.38 bits per heavy atom. The maximum absolute atomic E-state index is 9.26. The first-order chi connectivity index (χ1) is 7.34. The molecule has 90 valence electrons. The molecule has 0 saturated heterocycles. The highest BCUT2D eigenvalue weighted by molar-refractivity contribution is 7.13. The van der Waals surface area contributed by atoms with Crippen molar-refractivity contribution < 1.29 is 5.11 Å². The molecule has 1 N–H and O–H groups in total. The van der Waals surface area contributed by atoms with Gasteiger partial charge in [0.25, 0.3) is 0 Å². The average molecular weight is 238 g/mol. The molecule has 2 heteroatoms. The first-order valence-electron chi connectivity index (χ1n) is 5.76. The molecule has 0 radical (unpaired) electrons. The Bertz CT molecular complexity index is 366. The summed E-state index contributed by atoms with van der Waals surface area (Å²) >= 11 is 1.81. The van der Waals surface area contributed by atoms with E-state index in [4.69, 9.17) is 0 Å². The highest BCUT2D eigenvalue weighted by Crippen LogP contribution is 2.31. The van der Waals surface area contributed by atoms with Crippen LogP contribution in [0.4, 0.5) is 0 Å². The Labute approximate surface area is 103 Å². The Morgan fingerprint density at radius 2 is 2.00 bits per heavy atom. The van der Waals surface area contributed by atoms with Gasteiger partial charge in [-0.25, -0.2) is 0 Å². The van der Waals surface area contributed by atoms with Crippen LogP contribution in [0.25, 0.3) is 6.08 Å². The Kier molecular flexibility index (Phi) is 4.34. The summed E-state index contributed by atoms with van der Waals surface area (Å²) in [6, 6.07) is 4.33. The van der Waals surface area contributed by atoms with Gasteiger partial charge in [-0.15, -0.1) is 11.3 Å². The molecule has 0 aliphatic rings. The Morgan fingerprint density at radius 3 is 2.38 bits per heavy atom. The summed E-state index contributed by atoms with van der Waals surface area (Å²) in [4.78, 5) is 2.63. The average Bonchev–Trinajstić information content (AvgIpc) is 2.61. The van der Waals surface area contributed by atoms with Crippen LogP contribution in [0.1, 0.15) is 44.4 Å². The minimum absolute atomic E-state index is 0.153. The van der Waals surface area contributed by atoms with Crippen LogP contribution >= 0.6 is 11.3 Å². The van der Waals surface area contributed by atoms with Gasteiger partial charge in [-0.2, -0.15) is 0 Å². The van der Waals surface area contributed by atoms with Gasteiger partial charge in [-0.05, 0) is 35.1 Å². The highest BCUT2D eigenvalue weighted by atomic mass is 32.1. The number of aliphatic hydroxyl groups is 1. The molecule has 0 fully saturated rings. The molecule has 0 saturated carbocycles. The van der Waals surface area contributed by atoms with Crippen LogP contribution in [0, 0.1) is 5.92 Å². The van der Waals surface area contributed by atoms with Crippen LogP contribution in [0.2, 0.25) is 0 Å². The molecular weight excluding hydrogens is 216 g/mol. The largest absolute Gasteiger partial charge is 0.392 e. The monoisotopic (exact) mass is 238 g/mol. The molecule has 1 rings (SSSR count). The molecule has 0 aliphatic heterocycles. The molecule has 1 nitrogen and oxygen atoms in total. The van der Waals surface area contributed by atoms with E-state index in [1.807, 2.05) is 11.3 Å². The third kappa shape index (κ3) is 3.46.